The molecule has 3 aliphatic rings. The monoisotopic (exact) mass is 376 g/mol. The second kappa shape index (κ2) is 5.81. The minimum absolute atomic E-state index is 0.0264. The molecule has 7 heteroatoms. The molecule has 0 spiro atoms. The van der Waals surface area contributed by atoms with Gasteiger partial charge in [-0.05, 0) is 38.2 Å². The molecule has 138 valence electrons. The van der Waals surface area contributed by atoms with Gasteiger partial charge in [0.1, 0.15) is 10.6 Å². The number of hydrogen-bond acceptors (Lipinski definition) is 4. The van der Waals surface area contributed by atoms with Gasteiger partial charge < -0.3 is 4.90 Å². The van der Waals surface area contributed by atoms with Gasteiger partial charge in [0.25, 0.3) is 0 Å². The number of rotatable bonds is 2. The maximum Gasteiger partial charge on any atom is 0.247 e. The van der Waals surface area contributed by atoms with E-state index in [1.807, 2.05) is 0 Å². The van der Waals surface area contributed by atoms with Crippen LogP contribution in [-0.4, -0.2) is 31.0 Å². The molecule has 1 saturated heterocycles. The molecule has 1 aromatic rings. The number of carbonyl (C=O) groups is 3. The second-order valence-corrected chi connectivity index (χ2v) is 8.63. The fraction of sp³-hybridized carbons (Fsp3) is 0.526. The van der Waals surface area contributed by atoms with E-state index in [2.05, 4.69) is 0 Å². The van der Waals surface area contributed by atoms with Crippen LogP contribution in [0.3, 0.4) is 0 Å². The van der Waals surface area contributed by atoms with Gasteiger partial charge in [0.15, 0.2) is 0 Å². The van der Waals surface area contributed by atoms with Crippen molar-refractivity contribution in [1.29, 1.82) is 0 Å². The number of amides is 3. The molecule has 3 amide bonds. The van der Waals surface area contributed by atoms with Crippen LogP contribution in [0.1, 0.15) is 38.2 Å². The molecular formula is C19H21FN2O3S. The van der Waals surface area contributed by atoms with Gasteiger partial charge in [-0.1, -0.05) is 12.8 Å². The Morgan fingerprint density at radius 1 is 1.12 bits per heavy atom. The summed E-state index contributed by atoms with van der Waals surface area (Å²) in [5.74, 6) is -2.17. The maximum atomic E-state index is 15.0. The van der Waals surface area contributed by atoms with Crippen LogP contribution in [0.15, 0.2) is 12.1 Å². The molecular weight excluding hydrogens is 355 g/mol. The van der Waals surface area contributed by atoms with Crippen LogP contribution in [0.5, 0.6) is 0 Å². The Morgan fingerprint density at radius 2 is 1.69 bits per heavy atom. The van der Waals surface area contributed by atoms with Crippen molar-refractivity contribution in [3.8, 4) is 0 Å². The van der Waals surface area contributed by atoms with E-state index < -0.39 is 10.6 Å². The molecule has 26 heavy (non-hydrogen) atoms. The van der Waals surface area contributed by atoms with Gasteiger partial charge in [-0.2, -0.15) is 0 Å². The van der Waals surface area contributed by atoms with E-state index >= 15 is 0 Å². The summed E-state index contributed by atoms with van der Waals surface area (Å²) in [4.78, 5) is 41.3. The molecule has 0 bridgehead atoms. The van der Waals surface area contributed by atoms with E-state index in [4.69, 9.17) is 0 Å². The smallest absolute Gasteiger partial charge is 0.247 e. The number of likely N-dealkylation sites (N-methyl/N-ethyl adjacent to an activating group) is 1. The van der Waals surface area contributed by atoms with Gasteiger partial charge in [0.2, 0.25) is 17.7 Å². The fourth-order valence-corrected chi connectivity index (χ4v) is 5.35. The Labute approximate surface area is 155 Å². The summed E-state index contributed by atoms with van der Waals surface area (Å²) in [5.41, 5.74) is 0.956. The van der Waals surface area contributed by atoms with Gasteiger partial charge in [0.05, 0.1) is 23.2 Å². The van der Waals surface area contributed by atoms with Crippen molar-refractivity contribution in [3.63, 3.8) is 0 Å². The van der Waals surface area contributed by atoms with Crippen LogP contribution in [-0.2, 0) is 19.1 Å². The first-order valence-electron chi connectivity index (χ1n) is 8.87. The number of hydrogen-bond donors (Lipinski definition) is 0. The number of nitrogens with zero attached hydrogens (tertiary/aromatic N) is 2. The molecule has 2 heterocycles. The highest BCUT2D eigenvalue weighted by Crippen LogP contribution is 2.53. The molecule has 3 unspecified atom stereocenters. The van der Waals surface area contributed by atoms with Gasteiger partial charge >= 0.3 is 0 Å². The van der Waals surface area contributed by atoms with E-state index in [9.17, 15) is 18.8 Å². The van der Waals surface area contributed by atoms with E-state index in [-0.39, 0.29) is 35.2 Å². The Kier molecular flexibility index (Phi) is 3.91. The van der Waals surface area contributed by atoms with Crippen molar-refractivity contribution >= 4 is 40.9 Å². The molecule has 0 aromatic heterocycles. The average molecular weight is 376 g/mol. The van der Waals surface area contributed by atoms with Crippen molar-refractivity contribution in [3.05, 3.63) is 23.5 Å². The minimum Gasteiger partial charge on any atom is -0.314 e. The number of anilines is 2. The molecule has 3 atom stereocenters. The third-order valence-corrected chi connectivity index (χ3v) is 7.33. The lowest BCUT2D eigenvalue weighted by molar-refractivity contribution is -0.123. The quantitative estimate of drug-likeness (QED) is 0.745. The highest BCUT2D eigenvalue weighted by atomic mass is 32.2. The first-order chi connectivity index (χ1) is 12.3. The van der Waals surface area contributed by atoms with Gasteiger partial charge in [-0.3, -0.25) is 14.4 Å². The Balaban J connectivity index is 1.93. The third-order valence-electron chi connectivity index (χ3n) is 6.13. The second-order valence-electron chi connectivity index (χ2n) is 7.40. The normalized spacial score (nSPS) is 30.8. The number of thioether (sulfide) groups is 1. The van der Waals surface area contributed by atoms with E-state index in [1.165, 1.54) is 22.7 Å². The Morgan fingerprint density at radius 3 is 2.23 bits per heavy atom. The van der Waals surface area contributed by atoms with Crippen LogP contribution >= 0.6 is 11.8 Å². The lowest BCUT2D eigenvalue weighted by Crippen LogP contribution is -2.36. The number of halogens is 1. The van der Waals surface area contributed by atoms with E-state index in [1.54, 1.807) is 26.3 Å². The number of carbonyl (C=O) groups excluding carboxylic acids is 3. The highest BCUT2D eigenvalue weighted by Gasteiger charge is 2.54. The zero-order valence-corrected chi connectivity index (χ0v) is 15.9. The number of imide groups is 1. The van der Waals surface area contributed by atoms with Crippen molar-refractivity contribution in [2.24, 2.45) is 11.8 Å². The predicted molar refractivity (Wildman–Crippen MR) is 98.6 cm³/mol. The first-order valence-corrected chi connectivity index (χ1v) is 10.1. The topological polar surface area (TPSA) is 57.7 Å². The van der Waals surface area contributed by atoms with E-state index in [0.717, 1.165) is 17.7 Å². The van der Waals surface area contributed by atoms with Crippen LogP contribution in [0, 0.1) is 17.7 Å². The minimum atomic E-state index is -1.03. The average Bonchev–Trinajstić information content (AvgIpc) is 3.01. The maximum absolute atomic E-state index is 15.0. The first kappa shape index (κ1) is 17.5. The van der Waals surface area contributed by atoms with Crippen molar-refractivity contribution < 1.29 is 18.8 Å². The largest absolute Gasteiger partial charge is 0.314 e. The lowest BCUT2D eigenvalue weighted by Gasteiger charge is -2.26. The van der Waals surface area contributed by atoms with Crippen LogP contribution in [0.4, 0.5) is 15.8 Å². The lowest BCUT2D eigenvalue weighted by atomic mass is 9.81. The highest BCUT2D eigenvalue weighted by molar-refractivity contribution is 8.00. The standard InChI is InChI=1S/C19H21FN2O3S/c1-19(26-3)14-13(21(2)18(19)25)9-8-12(20)15(14)22-16(23)10-6-4-5-7-11(10)17(22)24/h8-11H,4-7H2,1-3H3. The summed E-state index contributed by atoms with van der Waals surface area (Å²) >= 11 is 1.29. The molecule has 2 fully saturated rings. The van der Waals surface area contributed by atoms with Crippen LogP contribution < -0.4 is 9.80 Å². The predicted octanol–water partition coefficient (Wildman–Crippen LogP) is 3.06. The molecule has 1 saturated carbocycles. The summed E-state index contributed by atoms with van der Waals surface area (Å²) in [7, 11) is 1.64. The van der Waals surface area contributed by atoms with Crippen molar-refractivity contribution in [2.75, 3.05) is 23.1 Å². The number of fused-ring (bicyclic) bond motifs is 2. The summed E-state index contributed by atoms with van der Waals surface area (Å²) in [6, 6.07) is 2.79. The van der Waals surface area contributed by atoms with Gasteiger partial charge in [-0.25, -0.2) is 9.29 Å². The number of benzene rings is 1. The summed E-state index contributed by atoms with van der Waals surface area (Å²) in [5, 5.41) is 0. The van der Waals surface area contributed by atoms with E-state index in [0.29, 0.717) is 24.1 Å². The molecule has 1 aromatic carbocycles. The SMILES string of the molecule is CSC1(C)C(=O)N(C)c2ccc(F)c(N3C(=O)C4CCCCC4C3=O)c21. The zero-order valence-electron chi connectivity index (χ0n) is 15.0. The van der Waals surface area contributed by atoms with Gasteiger partial charge in [0, 0.05) is 12.6 Å². The Bertz CT molecular complexity index is 818. The molecule has 5 nitrogen and oxygen atoms in total. The van der Waals surface area contributed by atoms with Gasteiger partial charge in [-0.15, -0.1) is 11.8 Å². The van der Waals surface area contributed by atoms with Crippen LogP contribution in [0.25, 0.3) is 0 Å². The molecule has 4 rings (SSSR count). The molecule has 2 aliphatic heterocycles. The summed E-state index contributed by atoms with van der Waals surface area (Å²) in [6.45, 7) is 1.73. The van der Waals surface area contributed by atoms with Crippen LogP contribution in [0.2, 0.25) is 0 Å². The molecule has 0 N–H and O–H groups in total. The molecule has 1 aliphatic carbocycles. The molecule has 0 radical (unpaired) electrons. The zero-order chi connectivity index (χ0) is 18.8. The fourth-order valence-electron chi connectivity index (χ4n) is 4.63. The summed E-state index contributed by atoms with van der Waals surface area (Å²) < 4.78 is 13.9. The third kappa shape index (κ3) is 2.06. The van der Waals surface area contributed by atoms with Crippen molar-refractivity contribution in [2.45, 2.75) is 37.4 Å². The van der Waals surface area contributed by atoms with Crippen molar-refractivity contribution in [1.82, 2.24) is 0 Å². The Hall–Kier alpha value is -1.89. The summed E-state index contributed by atoms with van der Waals surface area (Å²) in [6.07, 6.45) is 4.94.